The molecule has 0 radical (unpaired) electrons. The molecule has 19 heavy (non-hydrogen) atoms. The maximum atomic E-state index is 11.0. The normalized spacial score (nSPS) is 12.1. The van der Waals surface area contributed by atoms with Crippen molar-refractivity contribution in [1.82, 2.24) is 0 Å². The Labute approximate surface area is 115 Å². The molecule has 0 bridgehead atoms. The molecule has 2 rings (SSSR count). The first kappa shape index (κ1) is 13.5. The van der Waals surface area contributed by atoms with Crippen LogP contribution in [0.1, 0.15) is 17.2 Å². The molecule has 2 aromatic carbocycles. The largest absolute Gasteiger partial charge is 0.388 e. The molecule has 0 heterocycles. The Morgan fingerprint density at radius 3 is 2.53 bits per heavy atom. The van der Waals surface area contributed by atoms with Gasteiger partial charge in [0.1, 0.15) is 0 Å². The summed E-state index contributed by atoms with van der Waals surface area (Å²) >= 11 is 5.75. The third kappa shape index (κ3) is 3.30. The van der Waals surface area contributed by atoms with Gasteiger partial charge in [-0.2, -0.15) is 0 Å². The van der Waals surface area contributed by atoms with Gasteiger partial charge in [-0.15, -0.1) is 0 Å². The minimum atomic E-state index is -0.777. The van der Waals surface area contributed by atoms with E-state index in [1.165, 1.54) is 6.07 Å². The van der Waals surface area contributed by atoms with Crippen molar-refractivity contribution in [3.05, 3.63) is 74.8 Å². The summed E-state index contributed by atoms with van der Waals surface area (Å²) in [5, 5.41) is 21.4. The molecule has 5 heteroatoms. The fourth-order valence-corrected chi connectivity index (χ4v) is 2.05. The van der Waals surface area contributed by atoms with Gasteiger partial charge in [0.05, 0.1) is 11.0 Å². The highest BCUT2D eigenvalue weighted by atomic mass is 35.5. The van der Waals surface area contributed by atoms with Gasteiger partial charge < -0.3 is 5.11 Å². The third-order valence-electron chi connectivity index (χ3n) is 2.84. The molecule has 0 aliphatic heterocycles. The van der Waals surface area contributed by atoms with E-state index in [9.17, 15) is 15.2 Å². The second-order valence-electron chi connectivity index (χ2n) is 4.16. The average Bonchev–Trinajstić information content (AvgIpc) is 2.41. The highest BCUT2D eigenvalue weighted by Gasteiger charge is 2.18. The molecule has 0 spiro atoms. The highest BCUT2D eigenvalue weighted by molar-refractivity contribution is 6.30. The maximum absolute atomic E-state index is 11.0. The van der Waals surface area contributed by atoms with E-state index in [2.05, 4.69) is 0 Å². The number of halogens is 1. The van der Waals surface area contributed by atoms with E-state index >= 15 is 0 Å². The zero-order chi connectivity index (χ0) is 13.8. The van der Waals surface area contributed by atoms with Crippen molar-refractivity contribution in [3.63, 3.8) is 0 Å². The molecule has 98 valence electrons. The minimum Gasteiger partial charge on any atom is -0.388 e. The van der Waals surface area contributed by atoms with Crippen LogP contribution in [-0.2, 0) is 6.42 Å². The second kappa shape index (κ2) is 5.82. The van der Waals surface area contributed by atoms with Crippen molar-refractivity contribution in [2.75, 3.05) is 0 Å². The summed E-state index contributed by atoms with van der Waals surface area (Å²) in [6, 6.07) is 13.5. The van der Waals surface area contributed by atoms with Crippen LogP contribution in [0, 0.1) is 10.1 Å². The number of aliphatic hydroxyl groups is 1. The molecule has 1 unspecified atom stereocenters. The molecule has 0 aromatic heterocycles. The lowest BCUT2D eigenvalue weighted by Gasteiger charge is -2.11. The third-order valence-corrected chi connectivity index (χ3v) is 3.08. The molecule has 0 fully saturated rings. The summed E-state index contributed by atoms with van der Waals surface area (Å²) in [5.74, 6) is 0. The number of hydrogen-bond acceptors (Lipinski definition) is 3. The summed E-state index contributed by atoms with van der Waals surface area (Å²) in [4.78, 5) is 10.5. The molecule has 0 aliphatic rings. The van der Waals surface area contributed by atoms with Gasteiger partial charge in [0, 0.05) is 23.1 Å². The van der Waals surface area contributed by atoms with Crippen molar-refractivity contribution < 1.29 is 10.0 Å². The zero-order valence-electron chi connectivity index (χ0n) is 9.99. The number of aliphatic hydroxyl groups excluding tert-OH is 1. The van der Waals surface area contributed by atoms with Crippen molar-refractivity contribution in [1.29, 1.82) is 0 Å². The van der Waals surface area contributed by atoms with Crippen molar-refractivity contribution in [2.45, 2.75) is 12.5 Å². The molecule has 1 atom stereocenters. The lowest BCUT2D eigenvalue weighted by molar-refractivity contribution is -0.385. The number of rotatable bonds is 4. The van der Waals surface area contributed by atoms with Gasteiger partial charge in [0.2, 0.25) is 0 Å². The van der Waals surface area contributed by atoms with Crippen LogP contribution in [0.2, 0.25) is 5.02 Å². The first-order chi connectivity index (χ1) is 9.08. The Kier molecular flexibility index (Phi) is 4.14. The van der Waals surface area contributed by atoms with Crippen molar-refractivity contribution in [3.8, 4) is 0 Å². The number of nitro benzene ring substituents is 1. The summed E-state index contributed by atoms with van der Waals surface area (Å²) in [6.07, 6.45) is -0.599. The monoisotopic (exact) mass is 277 g/mol. The minimum absolute atomic E-state index is 0.0671. The molecular formula is C14H12ClNO3. The number of nitro groups is 1. The predicted octanol–water partition coefficient (Wildman–Crippen LogP) is 3.52. The first-order valence-electron chi connectivity index (χ1n) is 5.74. The van der Waals surface area contributed by atoms with E-state index in [1.54, 1.807) is 24.3 Å². The summed E-state index contributed by atoms with van der Waals surface area (Å²) in [6.45, 7) is 0. The summed E-state index contributed by atoms with van der Waals surface area (Å²) < 4.78 is 0. The Bertz CT molecular complexity index is 586. The summed E-state index contributed by atoms with van der Waals surface area (Å²) in [7, 11) is 0. The van der Waals surface area contributed by atoms with Crippen LogP contribution in [0.25, 0.3) is 0 Å². The van der Waals surface area contributed by atoms with Crippen LogP contribution in [0.15, 0.2) is 48.5 Å². The lowest BCUT2D eigenvalue weighted by Crippen LogP contribution is -2.04. The zero-order valence-corrected chi connectivity index (χ0v) is 10.7. The van der Waals surface area contributed by atoms with Crippen LogP contribution in [-0.4, -0.2) is 10.0 Å². The molecular weight excluding hydrogens is 266 g/mol. The van der Waals surface area contributed by atoms with E-state index in [0.717, 1.165) is 5.56 Å². The molecule has 0 aliphatic carbocycles. The van der Waals surface area contributed by atoms with E-state index in [4.69, 9.17) is 11.6 Å². The van der Waals surface area contributed by atoms with Gasteiger partial charge in [-0.05, 0) is 11.6 Å². The van der Waals surface area contributed by atoms with E-state index in [0.29, 0.717) is 10.6 Å². The van der Waals surface area contributed by atoms with Crippen LogP contribution in [0.4, 0.5) is 5.69 Å². The smallest absolute Gasteiger partial charge is 0.274 e. The van der Waals surface area contributed by atoms with Gasteiger partial charge in [-0.25, -0.2) is 0 Å². The van der Waals surface area contributed by atoms with Gasteiger partial charge in [-0.1, -0.05) is 48.0 Å². The van der Waals surface area contributed by atoms with Crippen molar-refractivity contribution in [2.24, 2.45) is 0 Å². The van der Waals surface area contributed by atoms with E-state index in [1.807, 2.05) is 18.2 Å². The predicted molar refractivity (Wildman–Crippen MR) is 73.2 cm³/mol. The fraction of sp³-hybridized carbons (Fsp3) is 0.143. The molecule has 1 N–H and O–H groups in total. The molecule has 0 amide bonds. The second-order valence-corrected chi connectivity index (χ2v) is 4.60. The maximum Gasteiger partial charge on any atom is 0.274 e. The fourth-order valence-electron chi connectivity index (χ4n) is 1.88. The first-order valence-corrected chi connectivity index (χ1v) is 6.11. The molecule has 2 aromatic rings. The van der Waals surface area contributed by atoms with Crippen LogP contribution >= 0.6 is 11.6 Å². The van der Waals surface area contributed by atoms with E-state index < -0.39 is 11.0 Å². The van der Waals surface area contributed by atoms with Gasteiger partial charge in [0.25, 0.3) is 5.69 Å². The van der Waals surface area contributed by atoms with E-state index in [-0.39, 0.29) is 12.1 Å². The quantitative estimate of drug-likeness (QED) is 0.687. The molecule has 0 saturated heterocycles. The highest BCUT2D eigenvalue weighted by Crippen LogP contribution is 2.27. The summed E-state index contributed by atoms with van der Waals surface area (Å²) in [5.41, 5.74) is 1.12. The Morgan fingerprint density at radius 2 is 1.89 bits per heavy atom. The average molecular weight is 278 g/mol. The Hall–Kier alpha value is -1.91. The van der Waals surface area contributed by atoms with Gasteiger partial charge in [0.15, 0.2) is 0 Å². The SMILES string of the molecule is O=[N+]([O-])c1cc(Cl)ccc1CC(O)c1ccccc1. The van der Waals surface area contributed by atoms with Crippen molar-refractivity contribution >= 4 is 17.3 Å². The van der Waals surface area contributed by atoms with Crippen LogP contribution in [0.3, 0.4) is 0 Å². The topological polar surface area (TPSA) is 63.4 Å². The Balaban J connectivity index is 2.26. The van der Waals surface area contributed by atoms with Crippen LogP contribution < -0.4 is 0 Å². The molecule has 4 nitrogen and oxygen atoms in total. The number of nitrogens with zero attached hydrogens (tertiary/aromatic N) is 1. The van der Waals surface area contributed by atoms with Crippen LogP contribution in [0.5, 0.6) is 0 Å². The molecule has 0 saturated carbocycles. The lowest BCUT2D eigenvalue weighted by atomic mass is 10.0. The van der Waals surface area contributed by atoms with Gasteiger partial charge >= 0.3 is 0 Å². The van der Waals surface area contributed by atoms with Gasteiger partial charge in [-0.3, -0.25) is 10.1 Å². The standard InChI is InChI=1S/C14H12ClNO3/c15-12-7-6-11(13(9-12)16(18)19)8-14(17)10-4-2-1-3-5-10/h1-7,9,14,17H,8H2. The number of benzene rings is 2. The number of hydrogen-bond donors (Lipinski definition) is 1. The Morgan fingerprint density at radius 1 is 1.21 bits per heavy atom.